The zero-order valence-electron chi connectivity index (χ0n) is 8.47. The van der Waals surface area contributed by atoms with Crippen molar-refractivity contribution in [3.05, 3.63) is 0 Å². The second kappa shape index (κ2) is 2.94. The lowest BCUT2D eigenvalue weighted by atomic mass is 9.73. The Labute approximate surface area is 80.5 Å². The van der Waals surface area contributed by atoms with Crippen molar-refractivity contribution in [2.45, 2.75) is 44.8 Å². The average Bonchev–Trinajstić information content (AvgIpc) is 2.78. The van der Waals surface area contributed by atoms with Gasteiger partial charge in [-0.3, -0.25) is 0 Å². The Kier molecular flexibility index (Phi) is 2.18. The highest BCUT2D eigenvalue weighted by molar-refractivity contribution is 7.99. The van der Waals surface area contributed by atoms with Gasteiger partial charge in [-0.15, -0.1) is 0 Å². The summed E-state index contributed by atoms with van der Waals surface area (Å²) in [7, 11) is 0. The molecule has 0 aliphatic heterocycles. The first-order valence-corrected chi connectivity index (χ1v) is 6.48. The largest absolute Gasteiger partial charge is 0.162 e. The Hall–Kier alpha value is 0.350. The van der Waals surface area contributed by atoms with E-state index in [4.69, 9.17) is 0 Å². The van der Waals surface area contributed by atoms with Crippen molar-refractivity contribution in [1.82, 2.24) is 0 Å². The van der Waals surface area contributed by atoms with E-state index in [0.29, 0.717) is 0 Å². The molecule has 0 aromatic rings. The summed E-state index contributed by atoms with van der Waals surface area (Å²) < 4.78 is 0. The van der Waals surface area contributed by atoms with E-state index in [1.54, 1.807) is 0 Å². The Bertz CT molecular complexity index is 172. The second-order valence-corrected chi connectivity index (χ2v) is 6.10. The molecule has 2 aliphatic carbocycles. The van der Waals surface area contributed by atoms with E-state index in [0.717, 1.165) is 22.5 Å². The lowest BCUT2D eigenvalue weighted by Crippen LogP contribution is -2.32. The quantitative estimate of drug-likeness (QED) is 0.600. The molecule has 12 heavy (non-hydrogen) atoms. The Balaban J connectivity index is 2.04. The van der Waals surface area contributed by atoms with Crippen molar-refractivity contribution in [1.29, 1.82) is 0 Å². The Morgan fingerprint density at radius 2 is 1.83 bits per heavy atom. The number of hydrogen-bond acceptors (Lipinski definition) is 1. The SMILES string of the molecule is CSC1CC2(CC2)CC(C)C1C. The molecule has 3 unspecified atom stereocenters. The molecule has 0 bridgehead atoms. The molecule has 0 amide bonds. The lowest BCUT2D eigenvalue weighted by molar-refractivity contribution is 0.201. The molecule has 2 rings (SSSR count). The zero-order chi connectivity index (χ0) is 8.77. The molecule has 1 spiro atoms. The third kappa shape index (κ3) is 1.41. The first-order valence-electron chi connectivity index (χ1n) is 5.20. The minimum Gasteiger partial charge on any atom is -0.162 e. The maximum absolute atomic E-state index is 2.45. The first kappa shape index (κ1) is 8.93. The lowest BCUT2D eigenvalue weighted by Gasteiger charge is -2.38. The fourth-order valence-corrected chi connectivity index (χ4v) is 4.03. The zero-order valence-corrected chi connectivity index (χ0v) is 9.29. The van der Waals surface area contributed by atoms with Crippen LogP contribution in [0.5, 0.6) is 0 Å². The molecule has 2 fully saturated rings. The van der Waals surface area contributed by atoms with Crippen LogP contribution < -0.4 is 0 Å². The second-order valence-electron chi connectivity index (χ2n) is 5.02. The normalized spacial score (nSPS) is 44.8. The van der Waals surface area contributed by atoms with Crippen molar-refractivity contribution in [3.8, 4) is 0 Å². The van der Waals surface area contributed by atoms with Gasteiger partial charge in [0.05, 0.1) is 0 Å². The van der Waals surface area contributed by atoms with Crippen molar-refractivity contribution < 1.29 is 0 Å². The third-order valence-corrected chi connectivity index (χ3v) is 5.33. The van der Waals surface area contributed by atoms with E-state index < -0.39 is 0 Å². The van der Waals surface area contributed by atoms with Gasteiger partial charge in [-0.1, -0.05) is 13.8 Å². The Morgan fingerprint density at radius 3 is 2.33 bits per heavy atom. The van der Waals surface area contributed by atoms with Crippen molar-refractivity contribution in [2.24, 2.45) is 17.3 Å². The van der Waals surface area contributed by atoms with Crippen molar-refractivity contribution >= 4 is 11.8 Å². The maximum atomic E-state index is 2.45. The van der Waals surface area contributed by atoms with Crippen LogP contribution in [0.1, 0.15) is 39.5 Å². The average molecular weight is 184 g/mol. The van der Waals surface area contributed by atoms with E-state index in [2.05, 4.69) is 31.9 Å². The van der Waals surface area contributed by atoms with Crippen LogP contribution in [0.4, 0.5) is 0 Å². The van der Waals surface area contributed by atoms with Crippen LogP contribution in [0.15, 0.2) is 0 Å². The summed E-state index contributed by atoms with van der Waals surface area (Å²) in [6.45, 7) is 4.90. The standard InChI is InChI=1S/C11H20S/c1-8-6-11(4-5-11)7-10(12-3)9(8)2/h8-10H,4-7H2,1-3H3. The fourth-order valence-electron chi connectivity index (χ4n) is 2.81. The molecule has 2 saturated carbocycles. The van der Waals surface area contributed by atoms with E-state index in [1.807, 2.05) is 0 Å². The van der Waals surface area contributed by atoms with E-state index >= 15 is 0 Å². The van der Waals surface area contributed by atoms with Crippen LogP contribution in [0.25, 0.3) is 0 Å². The number of hydrogen-bond donors (Lipinski definition) is 0. The maximum Gasteiger partial charge on any atom is 0.00777 e. The van der Waals surface area contributed by atoms with Gasteiger partial charge in [-0.25, -0.2) is 0 Å². The summed E-state index contributed by atoms with van der Waals surface area (Å²) in [5.41, 5.74) is 0.833. The van der Waals surface area contributed by atoms with Gasteiger partial charge in [0, 0.05) is 5.25 Å². The number of rotatable bonds is 1. The summed E-state index contributed by atoms with van der Waals surface area (Å²) in [6, 6.07) is 0. The van der Waals surface area contributed by atoms with Gasteiger partial charge in [0.2, 0.25) is 0 Å². The molecule has 0 N–H and O–H groups in total. The summed E-state index contributed by atoms with van der Waals surface area (Å²) in [5, 5.41) is 0.955. The number of thioether (sulfide) groups is 1. The molecule has 0 heterocycles. The van der Waals surface area contributed by atoms with Gasteiger partial charge in [0.15, 0.2) is 0 Å². The molecule has 0 aromatic heterocycles. The van der Waals surface area contributed by atoms with Crippen LogP contribution in [0.2, 0.25) is 0 Å². The molecule has 0 nitrogen and oxygen atoms in total. The monoisotopic (exact) mass is 184 g/mol. The van der Waals surface area contributed by atoms with Crippen molar-refractivity contribution in [2.75, 3.05) is 6.26 Å². The highest BCUT2D eigenvalue weighted by Gasteiger charge is 2.49. The van der Waals surface area contributed by atoms with Gasteiger partial charge in [0.1, 0.15) is 0 Å². The van der Waals surface area contributed by atoms with Gasteiger partial charge in [-0.2, -0.15) is 11.8 Å². The molecule has 70 valence electrons. The van der Waals surface area contributed by atoms with E-state index in [-0.39, 0.29) is 0 Å². The van der Waals surface area contributed by atoms with Crippen LogP contribution in [-0.2, 0) is 0 Å². The van der Waals surface area contributed by atoms with E-state index in [1.165, 1.54) is 25.7 Å². The van der Waals surface area contributed by atoms with E-state index in [9.17, 15) is 0 Å². The highest BCUT2D eigenvalue weighted by atomic mass is 32.2. The minimum atomic E-state index is 0.833. The van der Waals surface area contributed by atoms with Crippen LogP contribution in [0, 0.1) is 17.3 Å². The van der Waals surface area contributed by atoms with Gasteiger partial charge < -0.3 is 0 Å². The molecular formula is C11H20S. The van der Waals surface area contributed by atoms with Crippen LogP contribution >= 0.6 is 11.8 Å². The molecule has 0 saturated heterocycles. The highest BCUT2D eigenvalue weighted by Crippen LogP contribution is 2.60. The fraction of sp³-hybridized carbons (Fsp3) is 1.00. The summed E-state index contributed by atoms with van der Waals surface area (Å²) >= 11 is 2.10. The summed E-state index contributed by atoms with van der Waals surface area (Å²) in [4.78, 5) is 0. The predicted molar refractivity (Wildman–Crippen MR) is 56.5 cm³/mol. The summed E-state index contributed by atoms with van der Waals surface area (Å²) in [6.07, 6.45) is 8.38. The Morgan fingerprint density at radius 1 is 1.17 bits per heavy atom. The summed E-state index contributed by atoms with van der Waals surface area (Å²) in [5.74, 6) is 1.92. The smallest absolute Gasteiger partial charge is 0.00777 e. The molecule has 0 radical (unpaired) electrons. The third-order valence-electron chi connectivity index (χ3n) is 4.13. The molecular weight excluding hydrogens is 164 g/mol. The van der Waals surface area contributed by atoms with Gasteiger partial charge >= 0.3 is 0 Å². The molecule has 3 atom stereocenters. The van der Waals surface area contributed by atoms with Crippen LogP contribution in [-0.4, -0.2) is 11.5 Å². The van der Waals surface area contributed by atoms with Crippen molar-refractivity contribution in [3.63, 3.8) is 0 Å². The minimum absolute atomic E-state index is 0.833. The predicted octanol–water partition coefficient (Wildman–Crippen LogP) is 3.56. The topological polar surface area (TPSA) is 0 Å². The molecule has 1 heteroatoms. The van der Waals surface area contributed by atoms with Gasteiger partial charge in [0.25, 0.3) is 0 Å². The van der Waals surface area contributed by atoms with Crippen LogP contribution in [0.3, 0.4) is 0 Å². The molecule has 0 aromatic carbocycles. The first-order chi connectivity index (χ1) is 5.67. The van der Waals surface area contributed by atoms with Gasteiger partial charge in [-0.05, 0) is 49.2 Å². The molecule has 2 aliphatic rings.